The van der Waals surface area contributed by atoms with Crippen LogP contribution in [-0.4, -0.2) is 17.2 Å². The molecule has 0 saturated heterocycles. The standard InChI is InChI=1S/C16H23N3S/c1-5-11(2)14(13-9-7-6-8-10-13)16-19-18-15(20-16)12(3)17-4/h6-12,14,17H,5H2,1-4H3. The van der Waals surface area contributed by atoms with Crippen molar-refractivity contribution in [2.75, 3.05) is 7.05 Å². The molecule has 3 unspecified atom stereocenters. The van der Waals surface area contributed by atoms with Crippen molar-refractivity contribution in [1.82, 2.24) is 15.5 Å². The molecule has 0 saturated carbocycles. The van der Waals surface area contributed by atoms with Gasteiger partial charge in [-0.05, 0) is 25.5 Å². The Balaban J connectivity index is 2.35. The minimum absolute atomic E-state index is 0.259. The second-order valence-electron chi connectivity index (χ2n) is 5.26. The van der Waals surface area contributed by atoms with Crippen LogP contribution in [0.1, 0.15) is 54.7 Å². The van der Waals surface area contributed by atoms with Gasteiger partial charge in [0.1, 0.15) is 10.0 Å². The van der Waals surface area contributed by atoms with E-state index in [2.05, 4.69) is 66.6 Å². The van der Waals surface area contributed by atoms with Crippen LogP contribution in [0.25, 0.3) is 0 Å². The molecule has 0 radical (unpaired) electrons. The number of nitrogens with zero attached hydrogens (tertiary/aromatic N) is 2. The average Bonchev–Trinajstić information content (AvgIpc) is 2.97. The summed E-state index contributed by atoms with van der Waals surface area (Å²) in [6.45, 7) is 6.64. The van der Waals surface area contributed by atoms with Crippen LogP contribution in [-0.2, 0) is 0 Å². The SMILES string of the molecule is CCC(C)C(c1ccccc1)c1nnc(C(C)NC)s1. The molecule has 1 aromatic heterocycles. The lowest BCUT2D eigenvalue weighted by atomic mass is 9.86. The highest BCUT2D eigenvalue weighted by Gasteiger charge is 2.24. The van der Waals surface area contributed by atoms with Crippen LogP contribution in [0.5, 0.6) is 0 Å². The zero-order valence-electron chi connectivity index (χ0n) is 12.6. The van der Waals surface area contributed by atoms with Gasteiger partial charge < -0.3 is 5.32 Å². The smallest absolute Gasteiger partial charge is 0.134 e. The Labute approximate surface area is 125 Å². The molecule has 1 aromatic carbocycles. The molecule has 2 aromatic rings. The van der Waals surface area contributed by atoms with E-state index in [0.29, 0.717) is 11.8 Å². The molecule has 0 amide bonds. The van der Waals surface area contributed by atoms with Gasteiger partial charge in [0.05, 0.1) is 6.04 Å². The number of benzene rings is 1. The third-order valence-electron chi connectivity index (χ3n) is 3.90. The second-order valence-corrected chi connectivity index (χ2v) is 6.30. The highest BCUT2D eigenvalue weighted by molar-refractivity contribution is 7.11. The summed E-state index contributed by atoms with van der Waals surface area (Å²) in [7, 11) is 1.95. The summed E-state index contributed by atoms with van der Waals surface area (Å²) in [6.07, 6.45) is 1.13. The Hall–Kier alpha value is -1.26. The molecule has 108 valence electrons. The van der Waals surface area contributed by atoms with Crippen molar-refractivity contribution in [2.24, 2.45) is 5.92 Å². The van der Waals surface area contributed by atoms with Gasteiger partial charge in [-0.1, -0.05) is 61.9 Å². The predicted octanol–water partition coefficient (Wildman–Crippen LogP) is 4.00. The third kappa shape index (κ3) is 3.25. The zero-order chi connectivity index (χ0) is 14.5. The van der Waals surface area contributed by atoms with Crippen LogP contribution in [0, 0.1) is 5.92 Å². The topological polar surface area (TPSA) is 37.8 Å². The molecular formula is C16H23N3S. The summed E-state index contributed by atoms with van der Waals surface area (Å²) in [4.78, 5) is 0. The van der Waals surface area contributed by atoms with Gasteiger partial charge in [0, 0.05) is 5.92 Å². The first-order valence-electron chi connectivity index (χ1n) is 7.22. The molecule has 0 aliphatic carbocycles. The van der Waals surface area contributed by atoms with Crippen molar-refractivity contribution in [2.45, 2.75) is 39.2 Å². The summed E-state index contributed by atoms with van der Waals surface area (Å²) in [6, 6.07) is 10.9. The molecule has 1 heterocycles. The van der Waals surface area contributed by atoms with Gasteiger partial charge in [-0.25, -0.2) is 0 Å². The maximum Gasteiger partial charge on any atom is 0.134 e. The first-order valence-corrected chi connectivity index (χ1v) is 8.04. The van der Waals surface area contributed by atoms with Crippen LogP contribution in [0.15, 0.2) is 30.3 Å². The van der Waals surface area contributed by atoms with Crippen LogP contribution < -0.4 is 5.32 Å². The van der Waals surface area contributed by atoms with Crippen LogP contribution >= 0.6 is 11.3 Å². The Morgan fingerprint density at radius 1 is 1.10 bits per heavy atom. The Bertz CT molecular complexity index is 524. The highest BCUT2D eigenvalue weighted by atomic mass is 32.1. The van der Waals surface area contributed by atoms with Gasteiger partial charge in [-0.15, -0.1) is 10.2 Å². The Kier molecular flexibility index (Phi) is 5.26. The van der Waals surface area contributed by atoms with E-state index in [-0.39, 0.29) is 6.04 Å². The van der Waals surface area contributed by atoms with E-state index in [1.807, 2.05) is 7.05 Å². The third-order valence-corrected chi connectivity index (χ3v) is 5.09. The maximum absolute atomic E-state index is 4.46. The molecule has 2 rings (SSSR count). The van der Waals surface area contributed by atoms with Crippen LogP contribution in [0.2, 0.25) is 0 Å². The lowest BCUT2D eigenvalue weighted by Gasteiger charge is -2.20. The molecule has 0 bridgehead atoms. The molecule has 0 fully saturated rings. The van der Waals surface area contributed by atoms with Gasteiger partial charge in [0.2, 0.25) is 0 Å². The van der Waals surface area contributed by atoms with Crippen LogP contribution in [0.4, 0.5) is 0 Å². The number of hydrogen-bond donors (Lipinski definition) is 1. The van der Waals surface area contributed by atoms with Crippen molar-refractivity contribution in [1.29, 1.82) is 0 Å². The molecule has 3 nitrogen and oxygen atoms in total. The molecule has 0 aliphatic heterocycles. The summed E-state index contributed by atoms with van der Waals surface area (Å²) >= 11 is 1.73. The molecular weight excluding hydrogens is 266 g/mol. The number of hydrogen-bond acceptors (Lipinski definition) is 4. The molecule has 20 heavy (non-hydrogen) atoms. The van der Waals surface area contributed by atoms with E-state index in [0.717, 1.165) is 16.4 Å². The van der Waals surface area contributed by atoms with Crippen molar-refractivity contribution < 1.29 is 0 Å². The Morgan fingerprint density at radius 2 is 1.75 bits per heavy atom. The second kappa shape index (κ2) is 6.95. The molecule has 0 aliphatic rings. The first kappa shape index (κ1) is 15.1. The van der Waals surface area contributed by atoms with E-state index in [9.17, 15) is 0 Å². The predicted molar refractivity (Wildman–Crippen MR) is 85.1 cm³/mol. The van der Waals surface area contributed by atoms with E-state index < -0.39 is 0 Å². The fraction of sp³-hybridized carbons (Fsp3) is 0.500. The largest absolute Gasteiger partial charge is 0.311 e. The van der Waals surface area contributed by atoms with E-state index in [4.69, 9.17) is 0 Å². The molecule has 0 spiro atoms. The summed E-state index contributed by atoms with van der Waals surface area (Å²) < 4.78 is 0. The molecule has 3 atom stereocenters. The fourth-order valence-corrected chi connectivity index (χ4v) is 3.45. The van der Waals surface area contributed by atoms with Gasteiger partial charge in [-0.3, -0.25) is 0 Å². The number of rotatable bonds is 6. The van der Waals surface area contributed by atoms with Crippen molar-refractivity contribution in [3.63, 3.8) is 0 Å². The maximum atomic E-state index is 4.46. The molecule has 4 heteroatoms. The number of aromatic nitrogens is 2. The summed E-state index contributed by atoms with van der Waals surface area (Å²) in [5, 5.41) is 14.2. The lowest BCUT2D eigenvalue weighted by molar-refractivity contribution is 0.492. The van der Waals surface area contributed by atoms with E-state index in [1.165, 1.54) is 5.56 Å². The minimum Gasteiger partial charge on any atom is -0.311 e. The van der Waals surface area contributed by atoms with Gasteiger partial charge in [-0.2, -0.15) is 0 Å². The highest BCUT2D eigenvalue weighted by Crippen LogP contribution is 2.36. The fourth-order valence-electron chi connectivity index (χ4n) is 2.28. The summed E-state index contributed by atoms with van der Waals surface area (Å²) in [5.74, 6) is 0.902. The zero-order valence-corrected chi connectivity index (χ0v) is 13.4. The number of nitrogens with one attached hydrogen (secondary N) is 1. The quantitative estimate of drug-likeness (QED) is 0.873. The first-order chi connectivity index (χ1) is 9.67. The average molecular weight is 289 g/mol. The van der Waals surface area contributed by atoms with Gasteiger partial charge in [0.15, 0.2) is 0 Å². The normalized spacial score (nSPS) is 15.8. The summed E-state index contributed by atoms with van der Waals surface area (Å²) in [5.41, 5.74) is 1.33. The van der Waals surface area contributed by atoms with Crippen molar-refractivity contribution >= 4 is 11.3 Å². The van der Waals surface area contributed by atoms with Crippen LogP contribution in [0.3, 0.4) is 0 Å². The van der Waals surface area contributed by atoms with Gasteiger partial charge in [0.25, 0.3) is 0 Å². The lowest BCUT2D eigenvalue weighted by Crippen LogP contribution is -2.11. The van der Waals surface area contributed by atoms with Crippen molar-refractivity contribution in [3.05, 3.63) is 45.9 Å². The monoisotopic (exact) mass is 289 g/mol. The molecule has 1 N–H and O–H groups in total. The minimum atomic E-state index is 0.259. The van der Waals surface area contributed by atoms with E-state index in [1.54, 1.807) is 11.3 Å². The van der Waals surface area contributed by atoms with Crippen molar-refractivity contribution in [3.8, 4) is 0 Å². The van der Waals surface area contributed by atoms with E-state index >= 15 is 0 Å². The van der Waals surface area contributed by atoms with Gasteiger partial charge >= 0.3 is 0 Å². The Morgan fingerprint density at radius 3 is 2.35 bits per heavy atom.